The number of rotatable bonds is 10. The third-order valence-corrected chi connectivity index (χ3v) is 7.40. The van der Waals surface area contributed by atoms with Crippen molar-refractivity contribution in [1.29, 1.82) is 0 Å². The van der Waals surface area contributed by atoms with Crippen LogP contribution in [0.4, 0.5) is 5.82 Å². The van der Waals surface area contributed by atoms with E-state index in [-0.39, 0.29) is 11.5 Å². The zero-order valence-electron chi connectivity index (χ0n) is 20.1. The smallest absolute Gasteiger partial charge is 0.267 e. The Hall–Kier alpha value is -2.97. The fourth-order valence-electron chi connectivity index (χ4n) is 4.07. The fourth-order valence-corrected chi connectivity index (χ4v) is 5.36. The van der Waals surface area contributed by atoms with Gasteiger partial charge in [0.25, 0.3) is 11.5 Å². The molecule has 182 valence electrons. The summed E-state index contributed by atoms with van der Waals surface area (Å²) in [7, 11) is 0. The summed E-state index contributed by atoms with van der Waals surface area (Å²) in [5, 5.41) is 3.35. The highest BCUT2D eigenvalue weighted by Gasteiger charge is 2.32. The largest absolute Gasteiger partial charge is 0.369 e. The van der Waals surface area contributed by atoms with Crippen molar-refractivity contribution in [2.45, 2.75) is 46.0 Å². The number of nitrogens with zero attached hydrogens (tertiary/aromatic N) is 3. The summed E-state index contributed by atoms with van der Waals surface area (Å²) in [6, 6.07) is 13.9. The van der Waals surface area contributed by atoms with E-state index in [0.29, 0.717) is 39.3 Å². The number of carbonyl (C=O) groups is 1. The van der Waals surface area contributed by atoms with Crippen LogP contribution < -0.4 is 10.9 Å². The van der Waals surface area contributed by atoms with Crippen LogP contribution in [0.5, 0.6) is 0 Å². The van der Waals surface area contributed by atoms with Gasteiger partial charge in [0.05, 0.1) is 10.5 Å². The number of hydrogen-bond acceptors (Lipinski definition) is 6. The molecule has 6 nitrogen and oxygen atoms in total. The molecule has 35 heavy (non-hydrogen) atoms. The Balaban J connectivity index is 1.65. The first-order valence-electron chi connectivity index (χ1n) is 12.0. The van der Waals surface area contributed by atoms with E-state index in [1.165, 1.54) is 21.7 Å². The summed E-state index contributed by atoms with van der Waals surface area (Å²) < 4.78 is 2.08. The Morgan fingerprint density at radius 2 is 1.89 bits per heavy atom. The highest BCUT2D eigenvalue weighted by molar-refractivity contribution is 8.26. The standard InChI is InChI=1S/C27H30N4O2S2/c1-3-4-5-9-16-31-26(33)22(35-27(31)34)18-21-23(28-15-14-20-12-7-6-8-13-20)29-24-19(2)11-10-17-30(24)25(21)32/h6-8,10-13,17-18,28H,3-5,9,14-16H2,1-2H3. The summed E-state index contributed by atoms with van der Waals surface area (Å²) in [6.07, 6.45) is 8.41. The predicted molar refractivity (Wildman–Crippen MR) is 149 cm³/mol. The third-order valence-electron chi connectivity index (χ3n) is 6.02. The number of unbranched alkanes of at least 4 members (excludes halogenated alkanes) is 3. The van der Waals surface area contributed by atoms with Crippen molar-refractivity contribution in [3.8, 4) is 0 Å². The van der Waals surface area contributed by atoms with Gasteiger partial charge in [-0.25, -0.2) is 4.98 Å². The van der Waals surface area contributed by atoms with Gasteiger partial charge in [0.1, 0.15) is 15.8 Å². The van der Waals surface area contributed by atoms with Crippen LogP contribution in [0.1, 0.15) is 49.3 Å². The molecule has 0 atom stereocenters. The molecule has 2 aromatic heterocycles. The molecule has 8 heteroatoms. The summed E-state index contributed by atoms with van der Waals surface area (Å²) in [5.74, 6) is 0.342. The lowest BCUT2D eigenvalue weighted by atomic mass is 10.1. The number of aryl methyl sites for hydroxylation is 1. The van der Waals surface area contributed by atoms with Gasteiger partial charge in [0.15, 0.2) is 0 Å². The van der Waals surface area contributed by atoms with E-state index in [2.05, 4.69) is 24.4 Å². The van der Waals surface area contributed by atoms with Gasteiger partial charge in [0.2, 0.25) is 0 Å². The van der Waals surface area contributed by atoms with Crippen molar-refractivity contribution in [3.05, 3.63) is 80.6 Å². The fraction of sp³-hybridized carbons (Fsp3) is 0.333. The number of carbonyl (C=O) groups excluding carboxylic acids is 1. The molecule has 0 radical (unpaired) electrons. The molecule has 0 spiro atoms. The van der Waals surface area contributed by atoms with E-state index >= 15 is 0 Å². The predicted octanol–water partition coefficient (Wildman–Crippen LogP) is 5.44. The molecule has 0 aliphatic carbocycles. The van der Waals surface area contributed by atoms with Gasteiger partial charge in [0, 0.05) is 19.3 Å². The first-order chi connectivity index (χ1) is 17.0. The van der Waals surface area contributed by atoms with Gasteiger partial charge < -0.3 is 5.32 Å². The average Bonchev–Trinajstić information content (AvgIpc) is 3.12. The van der Waals surface area contributed by atoms with Gasteiger partial charge in [-0.05, 0) is 43.0 Å². The van der Waals surface area contributed by atoms with E-state index in [1.54, 1.807) is 17.2 Å². The lowest BCUT2D eigenvalue weighted by Gasteiger charge is -2.14. The van der Waals surface area contributed by atoms with Crippen LogP contribution in [-0.2, 0) is 11.2 Å². The number of nitrogens with one attached hydrogen (secondary N) is 1. The molecule has 1 amide bonds. The SMILES string of the molecule is CCCCCCN1C(=O)C(=Cc2c(NCCc3ccccc3)nc3c(C)cccn3c2=O)SC1=S. The Labute approximate surface area is 215 Å². The van der Waals surface area contributed by atoms with E-state index in [9.17, 15) is 9.59 Å². The van der Waals surface area contributed by atoms with E-state index in [4.69, 9.17) is 17.2 Å². The first-order valence-corrected chi connectivity index (χ1v) is 13.3. The van der Waals surface area contributed by atoms with Crippen LogP contribution in [0, 0.1) is 6.92 Å². The number of anilines is 1. The van der Waals surface area contributed by atoms with Crippen molar-refractivity contribution in [2.75, 3.05) is 18.4 Å². The second-order valence-corrected chi connectivity index (χ2v) is 10.3. The van der Waals surface area contributed by atoms with Gasteiger partial charge in [-0.1, -0.05) is 86.6 Å². The highest BCUT2D eigenvalue weighted by atomic mass is 32.2. The van der Waals surface area contributed by atoms with Crippen LogP contribution in [0.25, 0.3) is 11.7 Å². The van der Waals surface area contributed by atoms with Crippen LogP contribution in [0.15, 0.2) is 58.4 Å². The molecule has 0 saturated carbocycles. The number of benzene rings is 1. The summed E-state index contributed by atoms with van der Waals surface area (Å²) >= 11 is 6.74. The molecule has 1 aromatic carbocycles. The Morgan fingerprint density at radius 1 is 1.09 bits per heavy atom. The van der Waals surface area contributed by atoms with Crippen molar-refractivity contribution in [3.63, 3.8) is 0 Å². The van der Waals surface area contributed by atoms with E-state index in [1.807, 2.05) is 37.3 Å². The van der Waals surface area contributed by atoms with Crippen molar-refractivity contribution in [1.82, 2.24) is 14.3 Å². The topological polar surface area (TPSA) is 66.7 Å². The van der Waals surface area contributed by atoms with Gasteiger partial charge in [-0.2, -0.15) is 0 Å². The normalized spacial score (nSPS) is 14.9. The number of pyridine rings is 1. The first kappa shape index (κ1) is 25.1. The second kappa shape index (κ2) is 11.6. The molecule has 1 N–H and O–H groups in total. The van der Waals surface area contributed by atoms with E-state index < -0.39 is 0 Å². The maximum absolute atomic E-state index is 13.5. The summed E-state index contributed by atoms with van der Waals surface area (Å²) in [6.45, 7) is 5.31. The molecule has 4 rings (SSSR count). The minimum atomic E-state index is -0.214. The minimum Gasteiger partial charge on any atom is -0.369 e. The molecular weight excluding hydrogens is 476 g/mol. The summed E-state index contributed by atoms with van der Waals surface area (Å²) in [4.78, 5) is 33.5. The maximum atomic E-state index is 13.5. The molecule has 0 bridgehead atoms. The maximum Gasteiger partial charge on any atom is 0.267 e. The van der Waals surface area contributed by atoms with Crippen LogP contribution >= 0.6 is 24.0 Å². The minimum absolute atomic E-state index is 0.138. The monoisotopic (exact) mass is 506 g/mol. The summed E-state index contributed by atoms with van der Waals surface area (Å²) in [5.41, 5.74) is 2.85. The van der Waals surface area contributed by atoms with E-state index in [0.717, 1.165) is 37.7 Å². The highest BCUT2D eigenvalue weighted by Crippen LogP contribution is 2.33. The molecule has 3 aromatic rings. The van der Waals surface area contributed by atoms with Crippen molar-refractivity contribution in [2.24, 2.45) is 0 Å². The second-order valence-electron chi connectivity index (χ2n) is 8.62. The Kier molecular flexibility index (Phi) is 8.36. The average molecular weight is 507 g/mol. The number of fused-ring (bicyclic) bond motifs is 1. The third kappa shape index (κ3) is 5.82. The molecule has 1 fully saturated rings. The van der Waals surface area contributed by atoms with Crippen molar-refractivity contribution < 1.29 is 4.79 Å². The van der Waals surface area contributed by atoms with Gasteiger partial charge >= 0.3 is 0 Å². The number of hydrogen-bond donors (Lipinski definition) is 1. The lowest BCUT2D eigenvalue weighted by Crippen LogP contribution is -2.29. The van der Waals surface area contributed by atoms with Crippen molar-refractivity contribution >= 4 is 51.7 Å². The zero-order valence-corrected chi connectivity index (χ0v) is 21.8. The molecule has 3 heterocycles. The lowest BCUT2D eigenvalue weighted by molar-refractivity contribution is -0.122. The molecular formula is C27H30N4O2S2. The van der Waals surface area contributed by atoms with Gasteiger partial charge in [-0.3, -0.25) is 18.9 Å². The number of aromatic nitrogens is 2. The Bertz CT molecular complexity index is 1320. The zero-order chi connectivity index (χ0) is 24.8. The number of thioether (sulfide) groups is 1. The van der Waals surface area contributed by atoms with Crippen LogP contribution in [0.3, 0.4) is 0 Å². The van der Waals surface area contributed by atoms with Crippen LogP contribution in [-0.4, -0.2) is 37.6 Å². The Morgan fingerprint density at radius 3 is 2.66 bits per heavy atom. The molecule has 1 aliphatic rings. The molecule has 0 unspecified atom stereocenters. The number of thiocarbonyl (C=S) groups is 1. The quantitative estimate of drug-likeness (QED) is 0.224. The van der Waals surface area contributed by atoms with Crippen LogP contribution in [0.2, 0.25) is 0 Å². The number of amides is 1. The van der Waals surface area contributed by atoms with Gasteiger partial charge in [-0.15, -0.1) is 0 Å². The molecule has 1 aliphatic heterocycles. The molecule has 1 saturated heterocycles.